The average molecular weight is 288 g/mol. The largest absolute Gasteiger partial charge is 0.511 e. The molecule has 0 bridgehead atoms. The third kappa shape index (κ3) is 4.02. The number of phenols is 1. The molecule has 0 saturated carbocycles. The minimum Gasteiger partial charge on any atom is -0.511 e. The summed E-state index contributed by atoms with van der Waals surface area (Å²) >= 11 is 0. The number of hydrogen-bond acceptors (Lipinski definition) is 4. The summed E-state index contributed by atoms with van der Waals surface area (Å²) in [5.74, 6) is 0.386. The minimum absolute atomic E-state index is 0.00655. The highest BCUT2D eigenvalue weighted by Crippen LogP contribution is 2.33. The van der Waals surface area contributed by atoms with E-state index >= 15 is 0 Å². The Morgan fingerprint density at radius 2 is 1.95 bits per heavy atom. The number of nitrogens with two attached hydrogens (primary N) is 2. The Bertz CT molecular complexity index is 588. The number of benzene rings is 1. The van der Waals surface area contributed by atoms with Crippen molar-refractivity contribution in [1.29, 1.82) is 0 Å². The highest BCUT2D eigenvalue weighted by atomic mass is 16.3. The number of nitrogen functional groups attached to an aromatic ring is 1. The predicted molar refractivity (Wildman–Crippen MR) is 86.0 cm³/mol. The predicted octanol–water partition coefficient (Wildman–Crippen LogP) is 3.03. The van der Waals surface area contributed by atoms with Crippen LogP contribution in [0.1, 0.15) is 32.3 Å². The summed E-state index contributed by atoms with van der Waals surface area (Å²) < 4.78 is 0. The topological polar surface area (TPSA) is 92.5 Å². The lowest BCUT2D eigenvalue weighted by atomic mass is 9.78. The summed E-state index contributed by atoms with van der Waals surface area (Å²) in [6.07, 6.45) is 6.20. The summed E-state index contributed by atoms with van der Waals surface area (Å²) in [5, 5.41) is 19.4. The molecule has 4 heteroatoms. The van der Waals surface area contributed by atoms with Gasteiger partial charge in [0.25, 0.3) is 0 Å². The van der Waals surface area contributed by atoms with Gasteiger partial charge in [-0.05, 0) is 54.0 Å². The van der Waals surface area contributed by atoms with Crippen LogP contribution in [-0.2, 0) is 6.42 Å². The van der Waals surface area contributed by atoms with Crippen molar-refractivity contribution in [3.05, 3.63) is 47.2 Å². The van der Waals surface area contributed by atoms with Gasteiger partial charge in [0.15, 0.2) is 0 Å². The molecule has 21 heavy (non-hydrogen) atoms. The molecule has 0 aliphatic heterocycles. The lowest BCUT2D eigenvalue weighted by Crippen LogP contribution is -2.25. The summed E-state index contributed by atoms with van der Waals surface area (Å²) in [6.45, 7) is 4.33. The Hall–Kier alpha value is -1.94. The average Bonchev–Trinajstić information content (AvgIpc) is 2.37. The van der Waals surface area contributed by atoms with E-state index in [1.807, 2.05) is 6.07 Å². The van der Waals surface area contributed by atoms with E-state index in [1.54, 1.807) is 18.2 Å². The standard InChI is InChI=1S/C17H24N2O2/c1-17(2,9-11-3-5-13(18)15(20)7-11)10-12-4-6-14(19)16(21)8-12/h3-5,7-8,14,20-21H,6,9-10,18-19H2,1-2H3. The first kappa shape index (κ1) is 15.4. The first-order chi connectivity index (χ1) is 9.77. The van der Waals surface area contributed by atoms with E-state index in [4.69, 9.17) is 11.5 Å². The van der Waals surface area contributed by atoms with Crippen molar-refractivity contribution >= 4 is 5.69 Å². The second-order valence-corrected chi connectivity index (χ2v) is 6.60. The molecule has 0 radical (unpaired) electrons. The molecule has 0 aromatic heterocycles. The van der Waals surface area contributed by atoms with Gasteiger partial charge in [-0.2, -0.15) is 0 Å². The van der Waals surface area contributed by atoms with Crippen molar-refractivity contribution in [1.82, 2.24) is 0 Å². The van der Waals surface area contributed by atoms with Crippen LogP contribution in [0.3, 0.4) is 0 Å². The van der Waals surface area contributed by atoms with Crippen LogP contribution in [0.15, 0.2) is 41.7 Å². The van der Waals surface area contributed by atoms with Crippen LogP contribution in [0.4, 0.5) is 5.69 Å². The zero-order valence-corrected chi connectivity index (χ0v) is 12.6. The first-order valence-corrected chi connectivity index (χ1v) is 7.19. The van der Waals surface area contributed by atoms with Gasteiger partial charge in [-0.3, -0.25) is 0 Å². The third-order valence-electron chi connectivity index (χ3n) is 3.81. The normalized spacial score (nSPS) is 19.1. The molecule has 0 heterocycles. The van der Waals surface area contributed by atoms with Crippen molar-refractivity contribution in [3.63, 3.8) is 0 Å². The highest BCUT2D eigenvalue weighted by molar-refractivity contribution is 5.53. The smallest absolute Gasteiger partial charge is 0.138 e. The molecular formula is C17H24N2O2. The van der Waals surface area contributed by atoms with Gasteiger partial charge in [-0.1, -0.05) is 26.0 Å². The molecule has 1 aliphatic rings. The molecule has 114 valence electrons. The maximum Gasteiger partial charge on any atom is 0.138 e. The van der Waals surface area contributed by atoms with Crippen LogP contribution in [0, 0.1) is 5.41 Å². The summed E-state index contributed by atoms with van der Waals surface area (Å²) in [7, 11) is 0. The molecule has 1 atom stereocenters. The molecule has 0 spiro atoms. The number of anilines is 1. The number of phenolic OH excluding ortho intramolecular Hbond substituents is 1. The molecule has 2 rings (SSSR count). The van der Waals surface area contributed by atoms with Crippen LogP contribution >= 0.6 is 0 Å². The fraction of sp³-hybridized carbons (Fsp3) is 0.412. The fourth-order valence-electron chi connectivity index (χ4n) is 2.75. The van der Waals surface area contributed by atoms with E-state index in [-0.39, 0.29) is 23.0 Å². The number of rotatable bonds is 4. The molecular weight excluding hydrogens is 264 g/mol. The van der Waals surface area contributed by atoms with E-state index in [1.165, 1.54) is 0 Å². The third-order valence-corrected chi connectivity index (χ3v) is 3.81. The first-order valence-electron chi connectivity index (χ1n) is 7.19. The molecule has 0 amide bonds. The minimum atomic E-state index is -0.272. The van der Waals surface area contributed by atoms with Gasteiger partial charge in [-0.15, -0.1) is 0 Å². The van der Waals surface area contributed by atoms with Crippen LogP contribution < -0.4 is 11.5 Å². The van der Waals surface area contributed by atoms with E-state index in [0.29, 0.717) is 12.1 Å². The molecule has 1 aliphatic carbocycles. The van der Waals surface area contributed by atoms with Crippen LogP contribution in [-0.4, -0.2) is 16.3 Å². The van der Waals surface area contributed by atoms with Gasteiger partial charge in [0.2, 0.25) is 0 Å². The van der Waals surface area contributed by atoms with E-state index in [9.17, 15) is 10.2 Å². The summed E-state index contributed by atoms with van der Waals surface area (Å²) in [5.41, 5.74) is 13.9. The van der Waals surface area contributed by atoms with Crippen LogP contribution in [0.25, 0.3) is 0 Å². The zero-order chi connectivity index (χ0) is 15.6. The Morgan fingerprint density at radius 1 is 1.24 bits per heavy atom. The van der Waals surface area contributed by atoms with E-state index < -0.39 is 0 Å². The lowest BCUT2D eigenvalue weighted by Gasteiger charge is -2.27. The molecule has 1 aromatic rings. The Balaban J connectivity index is 2.07. The van der Waals surface area contributed by atoms with Crippen molar-refractivity contribution in [2.45, 2.75) is 39.2 Å². The number of allylic oxidation sites excluding steroid dienone is 2. The molecule has 0 saturated heterocycles. The zero-order valence-electron chi connectivity index (χ0n) is 12.6. The van der Waals surface area contributed by atoms with Crippen LogP contribution in [0.2, 0.25) is 0 Å². The van der Waals surface area contributed by atoms with Gasteiger partial charge in [0.1, 0.15) is 11.5 Å². The Morgan fingerprint density at radius 3 is 2.57 bits per heavy atom. The maximum atomic E-state index is 9.75. The summed E-state index contributed by atoms with van der Waals surface area (Å²) in [6, 6.07) is 5.11. The second-order valence-electron chi connectivity index (χ2n) is 6.60. The number of hydrogen-bond donors (Lipinski definition) is 4. The SMILES string of the molecule is CC(C)(CC1=CCC(N)C(O)=C1)Cc1ccc(N)c(O)c1. The van der Waals surface area contributed by atoms with Crippen molar-refractivity contribution in [2.24, 2.45) is 11.1 Å². The van der Waals surface area contributed by atoms with E-state index in [0.717, 1.165) is 24.0 Å². The van der Waals surface area contributed by atoms with Crippen molar-refractivity contribution in [2.75, 3.05) is 5.73 Å². The fourth-order valence-corrected chi connectivity index (χ4v) is 2.75. The van der Waals surface area contributed by atoms with Gasteiger partial charge < -0.3 is 21.7 Å². The van der Waals surface area contributed by atoms with Crippen molar-refractivity contribution in [3.8, 4) is 5.75 Å². The molecule has 1 aromatic carbocycles. The number of aliphatic hydroxyl groups is 1. The van der Waals surface area contributed by atoms with E-state index in [2.05, 4.69) is 19.9 Å². The monoisotopic (exact) mass is 288 g/mol. The second kappa shape index (κ2) is 5.82. The van der Waals surface area contributed by atoms with Gasteiger partial charge >= 0.3 is 0 Å². The highest BCUT2D eigenvalue weighted by Gasteiger charge is 2.22. The maximum absolute atomic E-state index is 9.75. The molecule has 4 nitrogen and oxygen atoms in total. The van der Waals surface area contributed by atoms with Crippen molar-refractivity contribution < 1.29 is 10.2 Å². The van der Waals surface area contributed by atoms with Crippen LogP contribution in [0.5, 0.6) is 5.75 Å². The Labute approximate surface area is 125 Å². The van der Waals surface area contributed by atoms with Gasteiger partial charge in [-0.25, -0.2) is 0 Å². The molecule has 0 fully saturated rings. The number of aliphatic hydroxyl groups excluding tert-OH is 1. The van der Waals surface area contributed by atoms with Gasteiger partial charge in [0.05, 0.1) is 11.7 Å². The Kier molecular flexibility index (Phi) is 4.28. The molecule has 6 N–H and O–H groups in total. The number of aromatic hydroxyl groups is 1. The summed E-state index contributed by atoms with van der Waals surface area (Å²) in [4.78, 5) is 0. The molecule has 1 unspecified atom stereocenters. The lowest BCUT2D eigenvalue weighted by molar-refractivity contribution is 0.346. The quantitative estimate of drug-likeness (QED) is 0.506. The van der Waals surface area contributed by atoms with Gasteiger partial charge in [0, 0.05) is 0 Å².